The molecule has 0 saturated heterocycles. The number of alkyl halides is 2. The van der Waals surface area contributed by atoms with Crippen LogP contribution in [0.4, 0.5) is 13.6 Å². The van der Waals surface area contributed by atoms with E-state index in [1.165, 1.54) is 0 Å². The van der Waals surface area contributed by atoms with E-state index in [1.807, 2.05) is 39.8 Å². The molecule has 130 valence electrons. The highest BCUT2D eigenvalue weighted by atomic mass is 19.3. The highest BCUT2D eigenvalue weighted by Gasteiger charge is 2.35. The quantitative estimate of drug-likeness (QED) is 0.840. The first-order valence-corrected chi connectivity index (χ1v) is 7.99. The first-order valence-electron chi connectivity index (χ1n) is 7.99. The van der Waals surface area contributed by atoms with Crippen molar-refractivity contribution < 1.29 is 18.3 Å². The fourth-order valence-corrected chi connectivity index (χ4v) is 2.83. The SMILES string of the molecule is CN(C)C[C@H](CC1CCC(F)(F)CC1)NC(=O)OC(C)(C)C. The summed E-state index contributed by atoms with van der Waals surface area (Å²) in [6, 6.07) is -0.0819. The van der Waals surface area contributed by atoms with Gasteiger partial charge in [0, 0.05) is 25.4 Å². The van der Waals surface area contributed by atoms with Crippen LogP contribution in [0.15, 0.2) is 0 Å². The molecule has 0 heterocycles. The van der Waals surface area contributed by atoms with Gasteiger partial charge in [-0.05, 0) is 60.0 Å². The molecule has 0 unspecified atom stereocenters. The summed E-state index contributed by atoms with van der Waals surface area (Å²) < 4.78 is 31.7. The van der Waals surface area contributed by atoms with E-state index >= 15 is 0 Å². The molecule has 0 aromatic rings. The lowest BCUT2D eigenvalue weighted by atomic mass is 9.83. The molecule has 1 fully saturated rings. The number of nitrogens with zero attached hydrogens (tertiary/aromatic N) is 1. The zero-order valence-corrected chi connectivity index (χ0v) is 14.4. The Labute approximate surface area is 132 Å². The van der Waals surface area contributed by atoms with Crippen LogP contribution < -0.4 is 5.32 Å². The maximum atomic E-state index is 13.2. The van der Waals surface area contributed by atoms with Crippen LogP contribution >= 0.6 is 0 Å². The molecule has 0 spiro atoms. The molecule has 1 atom stereocenters. The van der Waals surface area contributed by atoms with E-state index in [2.05, 4.69) is 5.32 Å². The van der Waals surface area contributed by atoms with E-state index in [-0.39, 0.29) is 24.8 Å². The van der Waals surface area contributed by atoms with Crippen molar-refractivity contribution in [1.82, 2.24) is 10.2 Å². The van der Waals surface area contributed by atoms with Crippen molar-refractivity contribution in [2.75, 3.05) is 20.6 Å². The molecular formula is C16H30F2N2O2. The molecule has 1 amide bonds. The minimum atomic E-state index is -2.51. The Morgan fingerprint density at radius 2 is 1.86 bits per heavy atom. The lowest BCUT2D eigenvalue weighted by Crippen LogP contribution is -2.45. The number of alkyl carbamates (subject to hydrolysis) is 1. The molecule has 1 N–H and O–H groups in total. The summed E-state index contributed by atoms with van der Waals surface area (Å²) in [5.74, 6) is -2.27. The zero-order chi connectivity index (χ0) is 17.0. The molecule has 1 saturated carbocycles. The highest BCUT2D eigenvalue weighted by molar-refractivity contribution is 5.68. The average molecular weight is 320 g/mol. The summed E-state index contributed by atoms with van der Waals surface area (Å²) in [6.07, 6.45) is 1.23. The lowest BCUT2D eigenvalue weighted by molar-refractivity contribution is -0.0477. The molecule has 1 rings (SSSR count). The minimum absolute atomic E-state index is 0.0429. The van der Waals surface area contributed by atoms with Crippen molar-refractivity contribution in [2.24, 2.45) is 5.92 Å². The number of hydrogen-bond acceptors (Lipinski definition) is 3. The predicted molar refractivity (Wildman–Crippen MR) is 83.2 cm³/mol. The van der Waals surface area contributed by atoms with E-state index in [4.69, 9.17) is 4.74 Å². The Kier molecular flexibility index (Phi) is 6.59. The Balaban J connectivity index is 2.52. The van der Waals surface area contributed by atoms with Gasteiger partial charge < -0.3 is 15.0 Å². The van der Waals surface area contributed by atoms with E-state index in [1.54, 1.807) is 0 Å². The maximum absolute atomic E-state index is 13.2. The Morgan fingerprint density at radius 1 is 1.32 bits per heavy atom. The number of carbonyl (C=O) groups is 1. The number of hydrogen-bond donors (Lipinski definition) is 1. The van der Waals surface area contributed by atoms with Crippen LogP contribution in [0.2, 0.25) is 0 Å². The van der Waals surface area contributed by atoms with Gasteiger partial charge >= 0.3 is 6.09 Å². The summed E-state index contributed by atoms with van der Waals surface area (Å²) in [4.78, 5) is 13.9. The molecule has 6 heteroatoms. The van der Waals surface area contributed by atoms with Gasteiger partial charge in [0.2, 0.25) is 5.92 Å². The van der Waals surface area contributed by atoms with Gasteiger partial charge in [0.25, 0.3) is 0 Å². The smallest absolute Gasteiger partial charge is 0.407 e. The summed E-state index contributed by atoms with van der Waals surface area (Å²) >= 11 is 0. The number of likely N-dealkylation sites (N-methyl/N-ethyl adjacent to an activating group) is 1. The molecule has 22 heavy (non-hydrogen) atoms. The third-order valence-corrected chi connectivity index (χ3v) is 3.76. The second-order valence-corrected chi connectivity index (χ2v) is 7.64. The number of carbonyl (C=O) groups excluding carboxylic acids is 1. The van der Waals surface area contributed by atoms with Crippen LogP contribution in [0.5, 0.6) is 0 Å². The normalized spacial score (nSPS) is 20.7. The van der Waals surface area contributed by atoms with Crippen LogP contribution in [0, 0.1) is 5.92 Å². The van der Waals surface area contributed by atoms with E-state index in [0.29, 0.717) is 25.8 Å². The second kappa shape index (κ2) is 7.57. The summed E-state index contributed by atoms with van der Waals surface area (Å²) in [6.45, 7) is 6.12. The number of halogens is 2. The highest BCUT2D eigenvalue weighted by Crippen LogP contribution is 2.37. The number of rotatable bonds is 5. The Bertz CT molecular complexity index is 358. The van der Waals surface area contributed by atoms with Gasteiger partial charge in [-0.3, -0.25) is 0 Å². The molecule has 1 aliphatic rings. The number of nitrogens with one attached hydrogen (secondary N) is 1. The standard InChI is InChI=1S/C16H30F2N2O2/c1-15(2,3)22-14(21)19-13(11-20(4)5)10-12-6-8-16(17,18)9-7-12/h12-13H,6-11H2,1-5H3,(H,19,21)/t13-/m0/s1. The van der Waals surface area contributed by atoms with Crippen LogP contribution in [0.25, 0.3) is 0 Å². The van der Waals surface area contributed by atoms with E-state index in [9.17, 15) is 13.6 Å². The van der Waals surface area contributed by atoms with Crippen LogP contribution in [-0.2, 0) is 4.74 Å². The largest absolute Gasteiger partial charge is 0.444 e. The van der Waals surface area contributed by atoms with Crippen molar-refractivity contribution in [3.8, 4) is 0 Å². The third kappa shape index (κ3) is 7.92. The van der Waals surface area contributed by atoms with Gasteiger partial charge in [0.15, 0.2) is 0 Å². The Hall–Kier alpha value is -0.910. The predicted octanol–water partition coefficient (Wildman–Crippen LogP) is 3.66. The van der Waals surface area contributed by atoms with Crippen molar-refractivity contribution in [2.45, 2.75) is 70.4 Å². The van der Waals surface area contributed by atoms with Gasteiger partial charge in [0.05, 0.1) is 0 Å². The molecule has 4 nitrogen and oxygen atoms in total. The van der Waals surface area contributed by atoms with Crippen LogP contribution in [0.3, 0.4) is 0 Å². The molecule has 0 aromatic carbocycles. The molecule has 0 aromatic heterocycles. The van der Waals surface area contributed by atoms with Gasteiger partial charge in [-0.2, -0.15) is 0 Å². The van der Waals surface area contributed by atoms with Gasteiger partial charge in [-0.15, -0.1) is 0 Å². The summed E-state index contributed by atoms with van der Waals surface area (Å²) in [5, 5.41) is 2.88. The number of ether oxygens (including phenoxy) is 1. The molecule has 1 aliphatic carbocycles. The van der Waals surface area contributed by atoms with Gasteiger partial charge in [-0.25, -0.2) is 13.6 Å². The van der Waals surface area contributed by atoms with E-state index < -0.39 is 17.6 Å². The average Bonchev–Trinajstić information content (AvgIpc) is 2.28. The van der Waals surface area contributed by atoms with Crippen molar-refractivity contribution in [1.29, 1.82) is 0 Å². The maximum Gasteiger partial charge on any atom is 0.407 e. The zero-order valence-electron chi connectivity index (χ0n) is 14.4. The summed E-state index contributed by atoms with van der Waals surface area (Å²) in [7, 11) is 3.86. The fraction of sp³-hybridized carbons (Fsp3) is 0.938. The van der Waals surface area contributed by atoms with Crippen LogP contribution in [-0.4, -0.2) is 49.2 Å². The van der Waals surface area contributed by atoms with Crippen molar-refractivity contribution >= 4 is 6.09 Å². The van der Waals surface area contributed by atoms with Gasteiger partial charge in [-0.1, -0.05) is 0 Å². The lowest BCUT2D eigenvalue weighted by Gasteiger charge is -2.32. The molecular weight excluding hydrogens is 290 g/mol. The molecule has 0 radical (unpaired) electrons. The van der Waals surface area contributed by atoms with E-state index in [0.717, 1.165) is 0 Å². The second-order valence-electron chi connectivity index (χ2n) is 7.64. The molecule has 0 aliphatic heterocycles. The Morgan fingerprint density at radius 3 is 2.32 bits per heavy atom. The minimum Gasteiger partial charge on any atom is -0.444 e. The molecule has 0 bridgehead atoms. The monoisotopic (exact) mass is 320 g/mol. The van der Waals surface area contributed by atoms with Gasteiger partial charge in [0.1, 0.15) is 5.60 Å². The number of amides is 1. The topological polar surface area (TPSA) is 41.6 Å². The van der Waals surface area contributed by atoms with Crippen LogP contribution in [0.1, 0.15) is 52.9 Å². The van der Waals surface area contributed by atoms with Crippen molar-refractivity contribution in [3.63, 3.8) is 0 Å². The van der Waals surface area contributed by atoms with Crippen molar-refractivity contribution in [3.05, 3.63) is 0 Å². The third-order valence-electron chi connectivity index (χ3n) is 3.76. The fourth-order valence-electron chi connectivity index (χ4n) is 2.83. The summed E-state index contributed by atoms with van der Waals surface area (Å²) in [5.41, 5.74) is -0.542. The first kappa shape index (κ1) is 19.1. The first-order chi connectivity index (χ1) is 9.97.